The van der Waals surface area contributed by atoms with Crippen LogP contribution in [-0.2, 0) is 4.79 Å². The molecule has 27 heavy (non-hydrogen) atoms. The lowest BCUT2D eigenvalue weighted by atomic mass is 10.0. The number of carbonyl (C=O) groups is 1. The van der Waals surface area contributed by atoms with Crippen LogP contribution >= 0.6 is 0 Å². The number of ether oxygens (including phenoxy) is 2. The van der Waals surface area contributed by atoms with E-state index in [1.165, 1.54) is 0 Å². The molecule has 0 unspecified atom stereocenters. The summed E-state index contributed by atoms with van der Waals surface area (Å²) >= 11 is 0. The van der Waals surface area contributed by atoms with Crippen LogP contribution in [-0.4, -0.2) is 19.1 Å². The number of rotatable bonds is 7. The number of carbonyl (C=O) groups excluding carboxylic acids is 1. The van der Waals surface area contributed by atoms with Crippen molar-refractivity contribution in [2.24, 2.45) is 0 Å². The summed E-state index contributed by atoms with van der Waals surface area (Å²) in [5.41, 5.74) is 5.48. The van der Waals surface area contributed by atoms with Crippen molar-refractivity contribution in [1.82, 2.24) is 5.32 Å². The van der Waals surface area contributed by atoms with Gasteiger partial charge >= 0.3 is 0 Å². The van der Waals surface area contributed by atoms with Gasteiger partial charge in [0, 0.05) is 0 Å². The Hall–Kier alpha value is -2.49. The van der Waals surface area contributed by atoms with Crippen LogP contribution in [0.3, 0.4) is 0 Å². The average Bonchev–Trinajstić information content (AvgIpc) is 2.63. The summed E-state index contributed by atoms with van der Waals surface area (Å²) in [6.45, 7) is 12.0. The molecule has 1 amide bonds. The Labute approximate surface area is 162 Å². The number of hydrogen-bond donors (Lipinski definition) is 1. The monoisotopic (exact) mass is 369 g/mol. The van der Waals surface area contributed by atoms with Gasteiger partial charge in [-0.25, -0.2) is 0 Å². The molecule has 0 spiro atoms. The van der Waals surface area contributed by atoms with Crippen molar-refractivity contribution >= 4 is 5.91 Å². The van der Waals surface area contributed by atoms with Crippen molar-refractivity contribution in [3.63, 3.8) is 0 Å². The van der Waals surface area contributed by atoms with Crippen LogP contribution in [0.25, 0.3) is 0 Å². The Morgan fingerprint density at radius 1 is 1.04 bits per heavy atom. The molecule has 0 heterocycles. The van der Waals surface area contributed by atoms with E-state index in [0.29, 0.717) is 0 Å². The van der Waals surface area contributed by atoms with Crippen molar-refractivity contribution < 1.29 is 14.3 Å². The normalized spacial score (nSPS) is 13.0. The summed E-state index contributed by atoms with van der Waals surface area (Å²) in [6, 6.07) is 10.0. The largest absolute Gasteiger partial charge is 0.496 e. The SMILES string of the molecule is CC[C@@H](NC(=O)[C@@H](C)Oc1cc(C)cc(C)c1C)c1ccc(OC)c(C)c1. The van der Waals surface area contributed by atoms with Crippen LogP contribution in [0.15, 0.2) is 30.3 Å². The van der Waals surface area contributed by atoms with Gasteiger partial charge in [0.25, 0.3) is 5.91 Å². The molecule has 0 aromatic heterocycles. The molecule has 2 atom stereocenters. The van der Waals surface area contributed by atoms with Gasteiger partial charge in [0.1, 0.15) is 11.5 Å². The zero-order valence-electron chi connectivity index (χ0n) is 17.5. The molecule has 0 saturated carbocycles. The Morgan fingerprint density at radius 3 is 2.33 bits per heavy atom. The van der Waals surface area contributed by atoms with Gasteiger partial charge in [0.2, 0.25) is 0 Å². The van der Waals surface area contributed by atoms with Crippen LogP contribution in [0.4, 0.5) is 0 Å². The first kappa shape index (κ1) is 20.8. The van der Waals surface area contributed by atoms with Crippen LogP contribution < -0.4 is 14.8 Å². The maximum absolute atomic E-state index is 12.7. The fourth-order valence-corrected chi connectivity index (χ4v) is 3.20. The van der Waals surface area contributed by atoms with Gasteiger partial charge in [-0.1, -0.05) is 25.1 Å². The third-order valence-electron chi connectivity index (χ3n) is 4.98. The molecule has 4 nitrogen and oxygen atoms in total. The summed E-state index contributed by atoms with van der Waals surface area (Å²) < 4.78 is 11.3. The number of aryl methyl sites for hydroxylation is 3. The smallest absolute Gasteiger partial charge is 0.261 e. The first-order valence-electron chi connectivity index (χ1n) is 9.46. The Morgan fingerprint density at radius 2 is 1.74 bits per heavy atom. The lowest BCUT2D eigenvalue weighted by Gasteiger charge is -2.22. The Kier molecular flexibility index (Phi) is 6.89. The van der Waals surface area contributed by atoms with Gasteiger partial charge in [-0.05, 0) is 81.0 Å². The molecule has 0 fully saturated rings. The van der Waals surface area contributed by atoms with Crippen molar-refractivity contribution in [3.8, 4) is 11.5 Å². The molecule has 0 radical (unpaired) electrons. The number of hydrogen-bond acceptors (Lipinski definition) is 3. The zero-order chi connectivity index (χ0) is 20.1. The quantitative estimate of drug-likeness (QED) is 0.750. The second-order valence-electron chi connectivity index (χ2n) is 7.16. The predicted octanol–water partition coefficient (Wildman–Crippen LogP) is 4.96. The van der Waals surface area contributed by atoms with Gasteiger partial charge in [0.15, 0.2) is 6.10 Å². The highest BCUT2D eigenvalue weighted by molar-refractivity contribution is 5.81. The zero-order valence-corrected chi connectivity index (χ0v) is 17.5. The Bertz CT molecular complexity index is 814. The van der Waals surface area contributed by atoms with Gasteiger partial charge < -0.3 is 14.8 Å². The molecule has 2 aromatic carbocycles. The maximum Gasteiger partial charge on any atom is 0.261 e. The summed E-state index contributed by atoms with van der Waals surface area (Å²) in [5, 5.41) is 3.11. The van der Waals surface area contributed by atoms with Crippen LogP contribution in [0, 0.1) is 27.7 Å². The van der Waals surface area contributed by atoms with E-state index in [4.69, 9.17) is 9.47 Å². The Balaban J connectivity index is 2.11. The van der Waals surface area contributed by atoms with Crippen molar-refractivity contribution in [1.29, 1.82) is 0 Å². The molecule has 0 aliphatic rings. The fourth-order valence-electron chi connectivity index (χ4n) is 3.20. The minimum Gasteiger partial charge on any atom is -0.496 e. The molecule has 2 aromatic rings. The molecule has 0 bridgehead atoms. The minimum atomic E-state index is -0.571. The standard InChI is InChI=1S/C23H31NO3/c1-8-20(19-9-10-21(26-7)16(4)13-19)24-23(25)18(6)27-22-12-14(2)11-15(3)17(22)5/h9-13,18,20H,8H2,1-7H3,(H,24,25)/t18-,20-/m1/s1. The average molecular weight is 370 g/mol. The second-order valence-corrected chi connectivity index (χ2v) is 7.16. The van der Waals surface area contributed by atoms with Crippen LogP contribution in [0.5, 0.6) is 11.5 Å². The predicted molar refractivity (Wildman–Crippen MR) is 110 cm³/mol. The van der Waals surface area contributed by atoms with Crippen molar-refractivity contribution in [3.05, 3.63) is 58.1 Å². The maximum atomic E-state index is 12.7. The van der Waals surface area contributed by atoms with E-state index in [0.717, 1.165) is 45.7 Å². The molecule has 146 valence electrons. The molecule has 2 rings (SSSR count). The summed E-state index contributed by atoms with van der Waals surface area (Å²) in [5.74, 6) is 1.50. The lowest BCUT2D eigenvalue weighted by molar-refractivity contribution is -0.128. The lowest BCUT2D eigenvalue weighted by Crippen LogP contribution is -2.38. The number of benzene rings is 2. The number of amides is 1. The van der Waals surface area contributed by atoms with Gasteiger partial charge in [-0.3, -0.25) is 4.79 Å². The summed E-state index contributed by atoms with van der Waals surface area (Å²) in [7, 11) is 1.66. The van der Waals surface area contributed by atoms with Crippen molar-refractivity contribution in [2.75, 3.05) is 7.11 Å². The van der Waals surface area contributed by atoms with E-state index < -0.39 is 6.10 Å². The number of methoxy groups -OCH3 is 1. The van der Waals surface area contributed by atoms with Crippen LogP contribution in [0.2, 0.25) is 0 Å². The van der Waals surface area contributed by atoms with E-state index in [-0.39, 0.29) is 11.9 Å². The van der Waals surface area contributed by atoms with E-state index in [9.17, 15) is 4.79 Å². The molecule has 1 N–H and O–H groups in total. The number of nitrogens with one attached hydrogen (secondary N) is 1. The van der Waals surface area contributed by atoms with E-state index in [2.05, 4.69) is 31.3 Å². The van der Waals surface area contributed by atoms with Gasteiger partial charge in [0.05, 0.1) is 13.2 Å². The highest BCUT2D eigenvalue weighted by atomic mass is 16.5. The minimum absolute atomic E-state index is 0.0616. The topological polar surface area (TPSA) is 47.6 Å². The summed E-state index contributed by atoms with van der Waals surface area (Å²) in [6.07, 6.45) is 0.227. The third-order valence-corrected chi connectivity index (χ3v) is 4.98. The van der Waals surface area contributed by atoms with Gasteiger partial charge in [-0.15, -0.1) is 0 Å². The van der Waals surface area contributed by atoms with Crippen molar-refractivity contribution in [2.45, 2.75) is 60.1 Å². The first-order chi connectivity index (χ1) is 12.8. The molecule has 0 saturated heterocycles. The molecule has 0 aliphatic heterocycles. The fraction of sp³-hybridized carbons (Fsp3) is 0.435. The third kappa shape index (κ3) is 5.03. The highest BCUT2D eigenvalue weighted by Crippen LogP contribution is 2.26. The molecule has 0 aliphatic carbocycles. The second kappa shape index (κ2) is 8.94. The van der Waals surface area contributed by atoms with E-state index in [1.807, 2.05) is 39.0 Å². The summed E-state index contributed by atoms with van der Waals surface area (Å²) in [4.78, 5) is 12.7. The van der Waals surface area contributed by atoms with Crippen LogP contribution in [0.1, 0.15) is 54.1 Å². The van der Waals surface area contributed by atoms with E-state index in [1.54, 1.807) is 14.0 Å². The molecular weight excluding hydrogens is 338 g/mol. The molecule has 4 heteroatoms. The molecular formula is C23H31NO3. The first-order valence-corrected chi connectivity index (χ1v) is 9.46. The van der Waals surface area contributed by atoms with E-state index >= 15 is 0 Å². The highest BCUT2D eigenvalue weighted by Gasteiger charge is 2.21. The van der Waals surface area contributed by atoms with Gasteiger partial charge in [-0.2, -0.15) is 0 Å².